The second kappa shape index (κ2) is 5.57. The highest BCUT2D eigenvalue weighted by atomic mass is 35.5. The zero-order chi connectivity index (χ0) is 11.5. The first-order valence-electron chi connectivity index (χ1n) is 6.59. The summed E-state index contributed by atoms with van der Waals surface area (Å²) in [5.41, 5.74) is 0.474. The lowest BCUT2D eigenvalue weighted by molar-refractivity contribution is 0.139. The maximum absolute atomic E-state index is 6.43. The molecule has 1 heteroatoms. The fraction of sp³-hybridized carbons (Fsp3) is 1.00. The van der Waals surface area contributed by atoms with Crippen LogP contribution in [-0.4, -0.2) is 5.38 Å². The van der Waals surface area contributed by atoms with Gasteiger partial charge in [-0.3, -0.25) is 0 Å². The van der Waals surface area contributed by atoms with Gasteiger partial charge in [-0.25, -0.2) is 0 Å². The van der Waals surface area contributed by atoms with Crippen molar-refractivity contribution in [1.82, 2.24) is 0 Å². The van der Waals surface area contributed by atoms with Crippen LogP contribution in [0.3, 0.4) is 0 Å². The van der Waals surface area contributed by atoms with Crippen LogP contribution < -0.4 is 0 Å². The monoisotopic (exact) mass is 230 g/mol. The van der Waals surface area contributed by atoms with Crippen LogP contribution in [0.4, 0.5) is 0 Å². The fourth-order valence-electron chi connectivity index (χ4n) is 2.78. The maximum Gasteiger partial charge on any atom is 0.0364 e. The van der Waals surface area contributed by atoms with Crippen LogP contribution in [0, 0.1) is 17.3 Å². The van der Waals surface area contributed by atoms with E-state index in [1.807, 2.05) is 0 Å². The molecule has 0 radical (unpaired) electrons. The third-order valence-electron chi connectivity index (χ3n) is 4.04. The van der Waals surface area contributed by atoms with Gasteiger partial charge in [0.25, 0.3) is 0 Å². The van der Waals surface area contributed by atoms with Gasteiger partial charge in [-0.2, -0.15) is 0 Å². The summed E-state index contributed by atoms with van der Waals surface area (Å²) in [6, 6.07) is 0. The van der Waals surface area contributed by atoms with Gasteiger partial charge in [0, 0.05) is 5.38 Å². The summed E-state index contributed by atoms with van der Waals surface area (Å²) in [6.45, 7) is 9.41. The molecule has 0 nitrogen and oxygen atoms in total. The van der Waals surface area contributed by atoms with Gasteiger partial charge in [-0.05, 0) is 42.9 Å². The number of hydrogen-bond acceptors (Lipinski definition) is 0. The second-order valence-electron chi connectivity index (χ2n) is 6.29. The predicted octanol–water partition coefficient (Wildman–Crippen LogP) is 5.25. The van der Waals surface area contributed by atoms with Crippen molar-refractivity contribution in [3.8, 4) is 0 Å². The quantitative estimate of drug-likeness (QED) is 0.582. The molecule has 1 fully saturated rings. The van der Waals surface area contributed by atoms with Gasteiger partial charge in [-0.15, -0.1) is 11.6 Å². The van der Waals surface area contributed by atoms with Crippen LogP contribution in [0.5, 0.6) is 0 Å². The number of alkyl halides is 1. The molecule has 3 unspecified atom stereocenters. The maximum atomic E-state index is 6.43. The van der Waals surface area contributed by atoms with E-state index in [0.29, 0.717) is 10.8 Å². The molecule has 1 aliphatic carbocycles. The molecule has 1 saturated carbocycles. The average Bonchev–Trinajstić information content (AvgIpc) is 2.15. The lowest BCUT2D eigenvalue weighted by Gasteiger charge is -2.40. The van der Waals surface area contributed by atoms with Gasteiger partial charge in [0.15, 0.2) is 0 Å². The van der Waals surface area contributed by atoms with Gasteiger partial charge < -0.3 is 0 Å². The first kappa shape index (κ1) is 13.4. The van der Waals surface area contributed by atoms with E-state index in [-0.39, 0.29) is 0 Å². The summed E-state index contributed by atoms with van der Waals surface area (Å²) in [6.07, 6.45) is 7.93. The van der Waals surface area contributed by atoms with Crippen molar-refractivity contribution < 1.29 is 0 Å². The average molecular weight is 231 g/mol. The zero-order valence-corrected chi connectivity index (χ0v) is 11.6. The Kier molecular flexibility index (Phi) is 4.96. The topological polar surface area (TPSA) is 0 Å². The van der Waals surface area contributed by atoms with Crippen molar-refractivity contribution in [3.05, 3.63) is 0 Å². The molecule has 0 bridgehead atoms. The van der Waals surface area contributed by atoms with Crippen LogP contribution in [0.1, 0.15) is 66.2 Å². The van der Waals surface area contributed by atoms with E-state index in [1.165, 1.54) is 38.5 Å². The Morgan fingerprint density at radius 1 is 1.20 bits per heavy atom. The molecule has 0 aliphatic heterocycles. The minimum atomic E-state index is 0.454. The van der Waals surface area contributed by atoms with E-state index in [4.69, 9.17) is 11.6 Å². The SMILES string of the molecule is CCCCC1CC(C(C)(C)C)CCC1Cl. The minimum Gasteiger partial charge on any atom is -0.123 e. The van der Waals surface area contributed by atoms with Crippen molar-refractivity contribution in [3.63, 3.8) is 0 Å². The molecule has 0 amide bonds. The van der Waals surface area contributed by atoms with E-state index >= 15 is 0 Å². The molecule has 3 atom stereocenters. The normalized spacial score (nSPS) is 33.0. The van der Waals surface area contributed by atoms with Gasteiger partial charge in [-0.1, -0.05) is 40.5 Å². The standard InChI is InChI=1S/C14H27Cl/c1-5-6-7-11-10-12(14(2,3)4)8-9-13(11)15/h11-13H,5-10H2,1-4H3. The summed E-state index contributed by atoms with van der Waals surface area (Å²) >= 11 is 6.43. The third kappa shape index (κ3) is 3.98. The molecule has 0 aromatic carbocycles. The Morgan fingerprint density at radius 2 is 1.87 bits per heavy atom. The Hall–Kier alpha value is 0.290. The molecule has 0 aromatic heterocycles. The van der Waals surface area contributed by atoms with Crippen molar-refractivity contribution >= 4 is 11.6 Å². The lowest BCUT2D eigenvalue weighted by atomic mass is 9.68. The third-order valence-corrected chi connectivity index (χ3v) is 4.62. The largest absolute Gasteiger partial charge is 0.123 e. The van der Waals surface area contributed by atoms with E-state index in [9.17, 15) is 0 Å². The van der Waals surface area contributed by atoms with Crippen molar-refractivity contribution in [1.29, 1.82) is 0 Å². The second-order valence-corrected chi connectivity index (χ2v) is 6.85. The van der Waals surface area contributed by atoms with E-state index in [0.717, 1.165) is 11.8 Å². The molecule has 0 heterocycles. The van der Waals surface area contributed by atoms with Gasteiger partial charge in [0.1, 0.15) is 0 Å². The molecular weight excluding hydrogens is 204 g/mol. The summed E-state index contributed by atoms with van der Waals surface area (Å²) in [5, 5.41) is 0.454. The van der Waals surface area contributed by atoms with Gasteiger partial charge in [0.2, 0.25) is 0 Å². The number of unbranched alkanes of at least 4 members (excludes halogenated alkanes) is 1. The van der Waals surface area contributed by atoms with Crippen LogP contribution in [-0.2, 0) is 0 Å². The van der Waals surface area contributed by atoms with Crippen molar-refractivity contribution in [2.45, 2.75) is 71.6 Å². The lowest BCUT2D eigenvalue weighted by Crippen LogP contribution is -2.32. The molecule has 1 rings (SSSR count). The Bertz CT molecular complexity index is 180. The molecule has 1 aliphatic rings. The van der Waals surface area contributed by atoms with E-state index in [1.54, 1.807) is 0 Å². The zero-order valence-electron chi connectivity index (χ0n) is 10.9. The highest BCUT2D eigenvalue weighted by molar-refractivity contribution is 6.20. The first-order valence-corrected chi connectivity index (χ1v) is 7.03. The summed E-state index contributed by atoms with van der Waals surface area (Å²) < 4.78 is 0. The van der Waals surface area contributed by atoms with Crippen molar-refractivity contribution in [2.24, 2.45) is 17.3 Å². The van der Waals surface area contributed by atoms with E-state index < -0.39 is 0 Å². The van der Waals surface area contributed by atoms with Crippen molar-refractivity contribution in [2.75, 3.05) is 0 Å². The fourth-order valence-corrected chi connectivity index (χ4v) is 3.13. The molecule has 0 N–H and O–H groups in total. The first-order chi connectivity index (χ1) is 6.95. The molecule has 0 spiro atoms. The highest BCUT2D eigenvalue weighted by Gasteiger charge is 2.34. The minimum absolute atomic E-state index is 0.454. The number of rotatable bonds is 3. The molecular formula is C14H27Cl. The number of hydrogen-bond donors (Lipinski definition) is 0. The molecule has 15 heavy (non-hydrogen) atoms. The van der Waals surface area contributed by atoms with Crippen LogP contribution in [0.15, 0.2) is 0 Å². The van der Waals surface area contributed by atoms with Gasteiger partial charge >= 0.3 is 0 Å². The smallest absolute Gasteiger partial charge is 0.0364 e. The Balaban J connectivity index is 2.48. The summed E-state index contributed by atoms with van der Waals surface area (Å²) in [7, 11) is 0. The summed E-state index contributed by atoms with van der Waals surface area (Å²) in [4.78, 5) is 0. The van der Waals surface area contributed by atoms with Crippen LogP contribution in [0.25, 0.3) is 0 Å². The molecule has 0 saturated heterocycles. The Morgan fingerprint density at radius 3 is 2.40 bits per heavy atom. The number of halogens is 1. The highest BCUT2D eigenvalue weighted by Crippen LogP contribution is 2.43. The molecule has 0 aromatic rings. The van der Waals surface area contributed by atoms with Crippen LogP contribution >= 0.6 is 11.6 Å². The van der Waals surface area contributed by atoms with Gasteiger partial charge in [0.05, 0.1) is 0 Å². The molecule has 90 valence electrons. The predicted molar refractivity (Wildman–Crippen MR) is 69.5 cm³/mol. The summed E-state index contributed by atoms with van der Waals surface area (Å²) in [5.74, 6) is 1.67. The van der Waals surface area contributed by atoms with E-state index in [2.05, 4.69) is 27.7 Å². The van der Waals surface area contributed by atoms with Crippen LogP contribution in [0.2, 0.25) is 0 Å². The Labute approximate surface area is 101 Å².